The van der Waals surface area contributed by atoms with Crippen LogP contribution in [-0.4, -0.2) is 38.8 Å². The minimum absolute atomic E-state index is 0.149. The normalized spacial score (nSPS) is 13.6. The van der Waals surface area contributed by atoms with Gasteiger partial charge in [0.25, 0.3) is 0 Å². The third-order valence-corrected chi connectivity index (χ3v) is 18.9. The first-order valence-electron chi connectivity index (χ1n) is 27.4. The summed E-state index contributed by atoms with van der Waals surface area (Å²) in [5.41, 5.74) is 9.08. The van der Waals surface area contributed by atoms with Crippen LogP contribution in [0.3, 0.4) is 0 Å². The number of benzene rings is 4. The van der Waals surface area contributed by atoms with E-state index in [-0.39, 0.29) is 43.3 Å². The van der Waals surface area contributed by atoms with Crippen LogP contribution in [0.2, 0.25) is 0 Å². The average molecular weight is 1020 g/mol. The SMILES string of the molecule is CCOc1c(C(C)(C)C)cc(P(CCP(c2cc(C(C)(C)C)c(OCC)c(C(C)(C)C)c2)c2cc(C(C)(C)C)c(OCC)c(C(C)(C)C)c2)c2cc(C(C)(C)C)c(OCC)c(C(C)(C)C)c2)cc1C(C)(C)C. The lowest BCUT2D eigenvalue weighted by Crippen LogP contribution is -2.29. The molecular formula is C66H104O4P2. The van der Waals surface area contributed by atoms with E-state index in [2.05, 4.69) is 242 Å². The first-order chi connectivity index (χ1) is 32.6. The van der Waals surface area contributed by atoms with Crippen LogP contribution in [0.25, 0.3) is 0 Å². The molecule has 0 aliphatic rings. The van der Waals surface area contributed by atoms with Gasteiger partial charge in [-0.1, -0.05) is 166 Å². The van der Waals surface area contributed by atoms with Gasteiger partial charge in [0, 0.05) is 44.5 Å². The Balaban J connectivity index is 2.35. The Morgan fingerprint density at radius 3 is 0.472 bits per heavy atom. The average Bonchev–Trinajstić information content (AvgIpc) is 3.20. The van der Waals surface area contributed by atoms with Gasteiger partial charge in [0.1, 0.15) is 23.0 Å². The molecule has 0 heterocycles. The molecule has 0 bridgehead atoms. The zero-order valence-electron chi connectivity index (χ0n) is 51.4. The second-order valence-electron chi connectivity index (χ2n) is 28.5. The highest BCUT2D eigenvalue weighted by Crippen LogP contribution is 2.51. The van der Waals surface area contributed by atoms with Crippen LogP contribution in [0.1, 0.15) is 238 Å². The molecule has 0 aliphatic heterocycles. The summed E-state index contributed by atoms with van der Waals surface area (Å²) >= 11 is 0. The van der Waals surface area contributed by atoms with Crippen LogP contribution >= 0.6 is 15.8 Å². The molecule has 72 heavy (non-hydrogen) atoms. The molecule has 4 rings (SSSR count). The van der Waals surface area contributed by atoms with E-state index in [1.54, 1.807) is 0 Å². The summed E-state index contributed by atoms with van der Waals surface area (Å²) in [6.07, 6.45) is 1.99. The summed E-state index contributed by atoms with van der Waals surface area (Å²) in [6, 6.07) is 20.4. The van der Waals surface area contributed by atoms with Gasteiger partial charge in [0.2, 0.25) is 0 Å². The number of ether oxygens (including phenoxy) is 4. The fraction of sp³-hybridized carbons (Fsp3) is 0.636. The molecule has 6 heteroatoms. The van der Waals surface area contributed by atoms with E-state index < -0.39 is 15.8 Å². The second-order valence-corrected chi connectivity index (χ2v) is 33.2. The molecule has 0 amide bonds. The van der Waals surface area contributed by atoms with Crippen LogP contribution in [0.4, 0.5) is 0 Å². The van der Waals surface area contributed by atoms with Gasteiger partial charge in [0.15, 0.2) is 0 Å². The summed E-state index contributed by atoms with van der Waals surface area (Å²) in [6.45, 7) is 67.5. The Bertz CT molecular complexity index is 2000. The van der Waals surface area contributed by atoms with Crippen LogP contribution in [0.5, 0.6) is 23.0 Å². The van der Waals surface area contributed by atoms with Gasteiger partial charge in [0.05, 0.1) is 26.4 Å². The second kappa shape index (κ2) is 22.3. The quantitative estimate of drug-likeness (QED) is 0.111. The van der Waals surface area contributed by atoms with Gasteiger partial charge < -0.3 is 18.9 Å². The zero-order valence-corrected chi connectivity index (χ0v) is 53.2. The molecule has 0 unspecified atom stereocenters. The molecule has 4 aromatic rings. The Labute approximate surface area is 445 Å². The van der Waals surface area contributed by atoms with Gasteiger partial charge in [-0.25, -0.2) is 0 Å². The minimum atomic E-state index is -0.950. The van der Waals surface area contributed by atoms with Crippen LogP contribution < -0.4 is 40.2 Å². The lowest BCUT2D eigenvalue weighted by atomic mass is 9.79. The molecule has 0 spiro atoms. The van der Waals surface area contributed by atoms with Crippen molar-refractivity contribution < 1.29 is 18.9 Å². The maximum atomic E-state index is 6.73. The first-order valence-corrected chi connectivity index (χ1v) is 30.5. The highest BCUT2D eigenvalue weighted by molar-refractivity contribution is 7.76. The lowest BCUT2D eigenvalue weighted by Gasteiger charge is -2.35. The molecule has 402 valence electrons. The number of rotatable bonds is 15. The van der Waals surface area contributed by atoms with Gasteiger partial charge in [-0.15, -0.1) is 0 Å². The summed E-state index contributed by atoms with van der Waals surface area (Å²) in [4.78, 5) is 0. The van der Waals surface area contributed by atoms with Crippen molar-refractivity contribution in [3.8, 4) is 23.0 Å². The Kier molecular flexibility index (Phi) is 19.0. The fourth-order valence-corrected chi connectivity index (χ4v) is 15.3. The van der Waals surface area contributed by atoms with Gasteiger partial charge >= 0.3 is 0 Å². The van der Waals surface area contributed by atoms with Crippen LogP contribution in [-0.2, 0) is 43.3 Å². The smallest absolute Gasteiger partial charge is 0.126 e. The maximum Gasteiger partial charge on any atom is 0.126 e. The molecular weight excluding hydrogens is 919 g/mol. The largest absolute Gasteiger partial charge is 0.493 e. The van der Waals surface area contributed by atoms with Gasteiger partial charge in [-0.3, -0.25) is 0 Å². The molecule has 4 nitrogen and oxygen atoms in total. The van der Waals surface area contributed by atoms with Crippen molar-refractivity contribution >= 4 is 37.1 Å². The molecule has 0 N–H and O–H groups in total. The lowest BCUT2D eigenvalue weighted by molar-refractivity contribution is 0.319. The standard InChI is InChI=1S/C66H104O4P2/c1-29-67-55-47(59(5,6)7)35-43(36-48(55)60(8,9)10)71(44-37-49(61(11,12)13)56(68-30-2)50(38-44)62(14,15)16)33-34-72(45-39-51(63(17,18)19)57(69-31-3)52(40-45)64(20,21)22)46-41-53(65(23,24)25)58(70-32-4)54(42-46)66(26,27)28/h35-42H,29-34H2,1-28H3. The first kappa shape index (κ1) is 61.5. The van der Waals surface area contributed by atoms with E-state index in [0.29, 0.717) is 26.4 Å². The highest BCUT2D eigenvalue weighted by atomic mass is 31.1. The van der Waals surface area contributed by atoms with Crippen LogP contribution in [0.15, 0.2) is 48.5 Å². The van der Waals surface area contributed by atoms with E-state index in [9.17, 15) is 0 Å². The third-order valence-electron chi connectivity index (χ3n) is 13.7. The molecule has 0 aliphatic carbocycles. The zero-order chi connectivity index (χ0) is 55.1. The molecule has 0 radical (unpaired) electrons. The molecule has 0 fully saturated rings. The fourth-order valence-electron chi connectivity index (χ4n) is 9.75. The van der Waals surface area contributed by atoms with Crippen molar-refractivity contribution in [1.82, 2.24) is 0 Å². The van der Waals surface area contributed by atoms with Crippen molar-refractivity contribution in [3.05, 3.63) is 93.0 Å². The maximum absolute atomic E-state index is 6.73. The van der Waals surface area contributed by atoms with E-state index >= 15 is 0 Å². The van der Waals surface area contributed by atoms with Crippen molar-refractivity contribution in [2.75, 3.05) is 38.8 Å². The van der Waals surface area contributed by atoms with Crippen molar-refractivity contribution in [1.29, 1.82) is 0 Å². The summed E-state index contributed by atoms with van der Waals surface area (Å²) < 4.78 is 26.9. The summed E-state index contributed by atoms with van der Waals surface area (Å²) in [5.74, 6) is 4.20. The molecule has 0 saturated heterocycles. The molecule has 0 saturated carbocycles. The van der Waals surface area contributed by atoms with Crippen molar-refractivity contribution in [2.45, 2.75) is 237 Å². The number of hydrogen-bond acceptors (Lipinski definition) is 4. The van der Waals surface area contributed by atoms with Crippen molar-refractivity contribution in [3.63, 3.8) is 0 Å². The predicted octanol–water partition coefficient (Wildman–Crippen LogP) is 17.2. The van der Waals surface area contributed by atoms with E-state index in [4.69, 9.17) is 18.9 Å². The minimum Gasteiger partial charge on any atom is -0.493 e. The topological polar surface area (TPSA) is 36.9 Å². The predicted molar refractivity (Wildman–Crippen MR) is 322 cm³/mol. The Morgan fingerprint density at radius 1 is 0.250 bits per heavy atom. The summed E-state index contributed by atoms with van der Waals surface area (Å²) in [5, 5.41) is 5.66. The number of hydrogen-bond donors (Lipinski definition) is 0. The van der Waals surface area contributed by atoms with E-state index in [1.165, 1.54) is 65.7 Å². The van der Waals surface area contributed by atoms with Gasteiger partial charge in [-0.2, -0.15) is 0 Å². The molecule has 0 atom stereocenters. The molecule has 4 aromatic carbocycles. The van der Waals surface area contributed by atoms with Crippen LogP contribution in [0, 0.1) is 0 Å². The van der Waals surface area contributed by atoms with Gasteiger partial charge in [-0.05, 0) is 169 Å². The van der Waals surface area contributed by atoms with E-state index in [0.717, 1.165) is 35.3 Å². The Hall–Kier alpha value is -3.06. The van der Waals surface area contributed by atoms with E-state index in [1.807, 2.05) is 0 Å². The third kappa shape index (κ3) is 14.4. The monoisotopic (exact) mass is 1020 g/mol. The Morgan fingerprint density at radius 2 is 0.375 bits per heavy atom. The van der Waals surface area contributed by atoms with Crippen molar-refractivity contribution in [2.24, 2.45) is 0 Å². The summed E-state index contributed by atoms with van der Waals surface area (Å²) in [7, 11) is -1.90. The molecule has 0 aromatic heterocycles. The highest BCUT2D eigenvalue weighted by Gasteiger charge is 2.37.